The van der Waals surface area contributed by atoms with Crippen LogP contribution in [0.1, 0.15) is 5.56 Å². The second kappa shape index (κ2) is 6.72. The summed E-state index contributed by atoms with van der Waals surface area (Å²) in [5.41, 5.74) is 1.08. The second-order valence-electron chi connectivity index (χ2n) is 5.65. The standard InChI is InChI=1S/C18H14FN5OS/c1-23-16-14(10-21-23)17(25)24(15-7-2-3-8-20-15)18(22-16)26-11-12-5-4-6-13(19)9-12/h2-10H,11H2,1H3. The molecule has 0 radical (unpaired) electrons. The van der Waals surface area contributed by atoms with Crippen LogP contribution in [0.25, 0.3) is 16.9 Å². The normalized spacial score (nSPS) is 11.2. The highest BCUT2D eigenvalue weighted by molar-refractivity contribution is 7.98. The predicted molar refractivity (Wildman–Crippen MR) is 97.9 cm³/mol. The smallest absolute Gasteiger partial charge is 0.268 e. The van der Waals surface area contributed by atoms with Gasteiger partial charge in [-0.3, -0.25) is 9.48 Å². The Morgan fingerprint density at radius 1 is 1.19 bits per heavy atom. The quantitative estimate of drug-likeness (QED) is 0.410. The van der Waals surface area contributed by atoms with Gasteiger partial charge in [-0.2, -0.15) is 5.10 Å². The van der Waals surface area contributed by atoms with Crippen LogP contribution in [0.5, 0.6) is 0 Å². The van der Waals surface area contributed by atoms with E-state index in [9.17, 15) is 9.18 Å². The summed E-state index contributed by atoms with van der Waals surface area (Å²) in [6.45, 7) is 0. The molecule has 0 aliphatic carbocycles. The van der Waals surface area contributed by atoms with Gasteiger partial charge in [-0.15, -0.1) is 0 Å². The molecule has 0 aliphatic heterocycles. The minimum Gasteiger partial charge on any atom is -0.268 e. The summed E-state index contributed by atoms with van der Waals surface area (Å²) in [7, 11) is 1.74. The van der Waals surface area contributed by atoms with Gasteiger partial charge in [0.2, 0.25) is 0 Å². The summed E-state index contributed by atoms with van der Waals surface area (Å²) in [6, 6.07) is 11.7. The van der Waals surface area contributed by atoms with E-state index in [2.05, 4.69) is 15.1 Å². The number of benzene rings is 1. The van der Waals surface area contributed by atoms with Gasteiger partial charge in [0.05, 0.1) is 6.20 Å². The summed E-state index contributed by atoms with van der Waals surface area (Å²) in [6.07, 6.45) is 3.13. The van der Waals surface area contributed by atoms with Crippen LogP contribution >= 0.6 is 11.8 Å². The molecule has 4 aromatic rings. The molecule has 1 aromatic carbocycles. The monoisotopic (exact) mass is 367 g/mol. The molecule has 8 heteroatoms. The average Bonchev–Trinajstić information content (AvgIpc) is 3.02. The van der Waals surface area contributed by atoms with Gasteiger partial charge in [0.25, 0.3) is 5.56 Å². The summed E-state index contributed by atoms with van der Waals surface area (Å²) in [5.74, 6) is 0.665. The topological polar surface area (TPSA) is 65.6 Å². The molecule has 26 heavy (non-hydrogen) atoms. The zero-order valence-corrected chi connectivity index (χ0v) is 14.7. The third kappa shape index (κ3) is 2.99. The van der Waals surface area contributed by atoms with Crippen LogP contribution < -0.4 is 5.56 Å². The van der Waals surface area contributed by atoms with Crippen LogP contribution in [-0.2, 0) is 12.8 Å². The maximum Gasteiger partial charge on any atom is 0.271 e. The molecule has 4 rings (SSSR count). The van der Waals surface area contributed by atoms with E-state index in [-0.39, 0.29) is 11.4 Å². The molecule has 0 amide bonds. The third-order valence-corrected chi connectivity index (χ3v) is 4.88. The van der Waals surface area contributed by atoms with E-state index >= 15 is 0 Å². The Hall–Kier alpha value is -3.00. The van der Waals surface area contributed by atoms with Crippen LogP contribution in [0, 0.1) is 5.82 Å². The average molecular weight is 367 g/mol. The minimum absolute atomic E-state index is 0.233. The van der Waals surface area contributed by atoms with Gasteiger partial charge in [0.1, 0.15) is 17.0 Å². The number of aromatic nitrogens is 5. The van der Waals surface area contributed by atoms with Crippen LogP contribution in [0.15, 0.2) is 64.8 Å². The summed E-state index contributed by atoms with van der Waals surface area (Å²) in [5, 5.41) is 5.03. The van der Waals surface area contributed by atoms with Crippen molar-refractivity contribution in [2.45, 2.75) is 10.9 Å². The number of halogens is 1. The Morgan fingerprint density at radius 2 is 2.08 bits per heavy atom. The van der Waals surface area contributed by atoms with Crippen molar-refractivity contribution >= 4 is 22.8 Å². The van der Waals surface area contributed by atoms with E-state index in [0.29, 0.717) is 27.8 Å². The summed E-state index contributed by atoms with van der Waals surface area (Å²) < 4.78 is 16.4. The molecule has 0 saturated carbocycles. The van der Waals surface area contributed by atoms with Crippen LogP contribution in [0.3, 0.4) is 0 Å². The molecular weight excluding hydrogens is 353 g/mol. The fourth-order valence-corrected chi connectivity index (χ4v) is 3.55. The number of aryl methyl sites for hydroxylation is 1. The van der Waals surface area contributed by atoms with E-state index in [1.807, 2.05) is 12.1 Å². The molecule has 6 nitrogen and oxygen atoms in total. The van der Waals surface area contributed by atoms with E-state index in [0.717, 1.165) is 5.56 Å². The van der Waals surface area contributed by atoms with Crippen molar-refractivity contribution in [2.24, 2.45) is 7.05 Å². The van der Waals surface area contributed by atoms with Crippen molar-refractivity contribution in [1.29, 1.82) is 0 Å². The van der Waals surface area contributed by atoms with Crippen LogP contribution in [-0.4, -0.2) is 24.3 Å². The van der Waals surface area contributed by atoms with Crippen LogP contribution in [0.2, 0.25) is 0 Å². The molecule has 0 atom stereocenters. The lowest BCUT2D eigenvalue weighted by Crippen LogP contribution is -2.22. The Labute approximate surface area is 152 Å². The molecule has 0 bridgehead atoms. The Bertz CT molecular complexity index is 1140. The number of pyridine rings is 1. The fraction of sp³-hybridized carbons (Fsp3) is 0.111. The first-order chi connectivity index (χ1) is 12.6. The Morgan fingerprint density at radius 3 is 2.85 bits per heavy atom. The van der Waals surface area contributed by atoms with Crippen molar-refractivity contribution in [3.8, 4) is 5.82 Å². The third-order valence-electron chi connectivity index (χ3n) is 3.87. The van der Waals surface area contributed by atoms with Crippen LogP contribution in [0.4, 0.5) is 4.39 Å². The largest absolute Gasteiger partial charge is 0.271 e. The fourth-order valence-electron chi connectivity index (χ4n) is 2.62. The zero-order chi connectivity index (χ0) is 18.1. The molecule has 0 fully saturated rings. The van der Waals surface area contributed by atoms with Crippen molar-refractivity contribution < 1.29 is 4.39 Å². The van der Waals surface area contributed by atoms with Crippen molar-refractivity contribution in [2.75, 3.05) is 0 Å². The number of thioether (sulfide) groups is 1. The first-order valence-electron chi connectivity index (χ1n) is 7.87. The summed E-state index contributed by atoms with van der Waals surface area (Å²) in [4.78, 5) is 21.9. The molecule has 0 unspecified atom stereocenters. The highest BCUT2D eigenvalue weighted by Gasteiger charge is 2.16. The predicted octanol–water partition coefficient (Wildman–Crippen LogP) is 2.95. The molecule has 0 N–H and O–H groups in total. The Kier molecular flexibility index (Phi) is 4.26. The van der Waals surface area contributed by atoms with Crippen molar-refractivity contribution in [1.82, 2.24) is 24.3 Å². The van der Waals surface area contributed by atoms with Gasteiger partial charge in [-0.25, -0.2) is 18.9 Å². The summed E-state index contributed by atoms with van der Waals surface area (Å²) >= 11 is 1.35. The van der Waals surface area contributed by atoms with Gasteiger partial charge in [0, 0.05) is 19.0 Å². The molecule has 0 aliphatic rings. The molecule has 0 spiro atoms. The van der Waals surface area contributed by atoms with Crippen molar-refractivity contribution in [3.63, 3.8) is 0 Å². The lowest BCUT2D eigenvalue weighted by Gasteiger charge is -2.11. The Balaban J connectivity index is 1.83. The number of hydrogen-bond donors (Lipinski definition) is 0. The van der Waals surface area contributed by atoms with E-state index in [4.69, 9.17) is 0 Å². The maximum atomic E-state index is 13.4. The highest BCUT2D eigenvalue weighted by atomic mass is 32.2. The molecule has 3 heterocycles. The van der Waals surface area contributed by atoms with E-state index in [1.54, 1.807) is 36.1 Å². The molecule has 130 valence electrons. The molecule has 0 saturated heterocycles. The number of hydrogen-bond acceptors (Lipinski definition) is 5. The first kappa shape index (κ1) is 16.5. The number of rotatable bonds is 4. The maximum absolute atomic E-state index is 13.4. The van der Waals surface area contributed by atoms with Gasteiger partial charge >= 0.3 is 0 Å². The zero-order valence-electron chi connectivity index (χ0n) is 13.8. The van der Waals surface area contributed by atoms with Gasteiger partial charge < -0.3 is 0 Å². The molecular formula is C18H14FN5OS. The SMILES string of the molecule is Cn1ncc2c(=O)n(-c3ccccn3)c(SCc3cccc(F)c3)nc21. The first-order valence-corrected chi connectivity index (χ1v) is 8.85. The van der Waals surface area contributed by atoms with Gasteiger partial charge in [0.15, 0.2) is 10.8 Å². The number of nitrogens with zero attached hydrogens (tertiary/aromatic N) is 5. The lowest BCUT2D eigenvalue weighted by molar-refractivity contribution is 0.626. The van der Waals surface area contributed by atoms with Crippen molar-refractivity contribution in [3.05, 3.63) is 76.6 Å². The second-order valence-corrected chi connectivity index (χ2v) is 6.59. The lowest BCUT2D eigenvalue weighted by atomic mass is 10.2. The molecule has 3 aromatic heterocycles. The highest BCUT2D eigenvalue weighted by Crippen LogP contribution is 2.24. The van der Waals surface area contributed by atoms with Gasteiger partial charge in [-0.05, 0) is 29.8 Å². The minimum atomic E-state index is -0.291. The van der Waals surface area contributed by atoms with E-state index < -0.39 is 0 Å². The number of fused-ring (bicyclic) bond motifs is 1. The van der Waals surface area contributed by atoms with Gasteiger partial charge in [-0.1, -0.05) is 30.0 Å². The van der Waals surface area contributed by atoms with E-state index in [1.165, 1.54) is 34.7 Å².